The first-order chi connectivity index (χ1) is 7.58. The van der Waals surface area contributed by atoms with E-state index in [2.05, 4.69) is 4.98 Å². The van der Waals surface area contributed by atoms with Crippen molar-refractivity contribution < 1.29 is 10.1 Å². The summed E-state index contributed by atoms with van der Waals surface area (Å²) < 4.78 is 0.894. The Labute approximate surface area is 94.9 Å². The lowest BCUT2D eigenvalue weighted by molar-refractivity contribution is -0.384. The summed E-state index contributed by atoms with van der Waals surface area (Å²) in [6, 6.07) is 6.06. The molecule has 1 heterocycles. The topological polar surface area (TPSA) is 84.1 Å². The molecule has 1 aromatic heterocycles. The number of benzene rings is 1. The molecule has 0 radical (unpaired) electrons. The van der Waals surface area contributed by atoms with Gasteiger partial charge < -0.3 is 10.2 Å². The van der Waals surface area contributed by atoms with Gasteiger partial charge >= 0.3 is 0 Å². The third-order valence-electron chi connectivity index (χ3n) is 2.07. The first kappa shape index (κ1) is 10.4. The van der Waals surface area contributed by atoms with Crippen LogP contribution in [0.3, 0.4) is 0 Å². The number of nitro benzene ring substituents is 1. The van der Waals surface area contributed by atoms with E-state index in [1.807, 2.05) is 0 Å². The number of hydrogen-bond donors (Lipinski definition) is 2. The maximum absolute atomic E-state index is 10.6. The lowest BCUT2D eigenvalue weighted by Crippen LogP contribution is -1.88. The van der Waals surface area contributed by atoms with Gasteiger partial charge in [0, 0.05) is 17.7 Å². The van der Waals surface area contributed by atoms with Crippen molar-refractivity contribution in [3.05, 3.63) is 45.3 Å². The predicted octanol–water partition coefficient (Wildman–Crippen LogP) is 2.36. The van der Waals surface area contributed by atoms with E-state index in [9.17, 15) is 15.3 Å². The van der Waals surface area contributed by atoms with Crippen LogP contribution >= 0.6 is 12.2 Å². The number of aromatic nitrogens is 2. The number of rotatable bonds is 2. The van der Waals surface area contributed by atoms with E-state index in [-0.39, 0.29) is 10.5 Å². The fourth-order valence-corrected chi connectivity index (χ4v) is 1.48. The molecule has 2 rings (SSSR count). The number of nitrogens with zero attached hydrogens (tertiary/aromatic N) is 2. The third-order valence-corrected chi connectivity index (χ3v) is 2.36. The van der Waals surface area contributed by atoms with Gasteiger partial charge in [-0.05, 0) is 12.2 Å². The molecular formula is C9H7N3O3S. The van der Waals surface area contributed by atoms with E-state index < -0.39 is 4.92 Å². The molecule has 0 atom stereocenters. The van der Waals surface area contributed by atoms with Crippen molar-refractivity contribution in [2.45, 2.75) is 0 Å². The summed E-state index contributed by atoms with van der Waals surface area (Å²) in [5.74, 6) is 0. The van der Waals surface area contributed by atoms with Gasteiger partial charge in [0.2, 0.25) is 4.77 Å². The second-order valence-electron chi connectivity index (χ2n) is 3.12. The summed E-state index contributed by atoms with van der Waals surface area (Å²) in [5, 5.41) is 19.8. The van der Waals surface area contributed by atoms with Crippen LogP contribution in [-0.4, -0.2) is 19.8 Å². The minimum Gasteiger partial charge on any atom is -0.426 e. The number of H-pyrrole nitrogens is 1. The van der Waals surface area contributed by atoms with E-state index in [1.165, 1.54) is 18.3 Å². The molecule has 0 unspecified atom stereocenters. The Hall–Kier alpha value is -2.15. The first-order valence-corrected chi connectivity index (χ1v) is 4.74. The minimum absolute atomic E-state index is 0.0116. The second-order valence-corrected chi connectivity index (χ2v) is 3.51. The molecule has 2 N–H and O–H groups in total. The maximum atomic E-state index is 10.6. The molecule has 0 aliphatic carbocycles. The lowest BCUT2D eigenvalue weighted by atomic mass is 10.1. The van der Waals surface area contributed by atoms with Gasteiger partial charge in [-0.15, -0.1) is 0 Å². The van der Waals surface area contributed by atoms with Crippen LogP contribution in [-0.2, 0) is 0 Å². The largest absolute Gasteiger partial charge is 0.426 e. The van der Waals surface area contributed by atoms with Crippen molar-refractivity contribution in [3.63, 3.8) is 0 Å². The summed E-state index contributed by atoms with van der Waals surface area (Å²) in [7, 11) is 0. The van der Waals surface area contributed by atoms with Crippen molar-refractivity contribution in [2.24, 2.45) is 0 Å². The molecule has 0 spiro atoms. The standard InChI is InChI=1S/C9H7N3O3S/c13-11-5-8(10-9(11)16)6-2-1-3-7(4-6)12(14)15/h1-5,13H,(H,10,16). The molecule has 0 amide bonds. The third kappa shape index (κ3) is 1.80. The highest BCUT2D eigenvalue weighted by Crippen LogP contribution is 2.22. The SMILES string of the molecule is O=[N+]([O-])c1cccc(-c2cn(O)c(=S)[nH]2)c1. The zero-order chi connectivity index (χ0) is 11.7. The lowest BCUT2D eigenvalue weighted by Gasteiger charge is -1.96. The van der Waals surface area contributed by atoms with Gasteiger partial charge in [-0.3, -0.25) is 10.1 Å². The van der Waals surface area contributed by atoms with Gasteiger partial charge in [0.1, 0.15) is 0 Å². The Morgan fingerprint density at radius 3 is 2.81 bits per heavy atom. The molecule has 0 fully saturated rings. The van der Waals surface area contributed by atoms with Crippen molar-refractivity contribution in [2.75, 3.05) is 0 Å². The van der Waals surface area contributed by atoms with Crippen LogP contribution in [0.2, 0.25) is 0 Å². The van der Waals surface area contributed by atoms with Crippen LogP contribution in [0.15, 0.2) is 30.5 Å². The summed E-state index contributed by atoms with van der Waals surface area (Å²) >= 11 is 4.78. The summed E-state index contributed by atoms with van der Waals surface area (Å²) in [5.41, 5.74) is 1.10. The molecule has 82 valence electrons. The van der Waals surface area contributed by atoms with Gasteiger partial charge in [-0.1, -0.05) is 12.1 Å². The number of nitro groups is 1. The molecule has 1 aromatic carbocycles. The number of non-ortho nitro benzene ring substituents is 1. The number of hydrogen-bond acceptors (Lipinski definition) is 4. The number of aromatic amines is 1. The van der Waals surface area contributed by atoms with Gasteiger partial charge in [-0.2, -0.15) is 4.73 Å². The predicted molar refractivity (Wildman–Crippen MR) is 58.9 cm³/mol. The Balaban J connectivity index is 2.52. The summed E-state index contributed by atoms with van der Waals surface area (Å²) in [6.45, 7) is 0. The zero-order valence-electron chi connectivity index (χ0n) is 7.95. The molecule has 7 heteroatoms. The second kappa shape index (κ2) is 3.78. The Morgan fingerprint density at radius 2 is 2.25 bits per heavy atom. The highest BCUT2D eigenvalue weighted by molar-refractivity contribution is 7.71. The quantitative estimate of drug-likeness (QED) is 0.363. The van der Waals surface area contributed by atoms with Crippen LogP contribution in [0.1, 0.15) is 0 Å². The Bertz CT molecular complexity index is 602. The average Bonchev–Trinajstić information content (AvgIpc) is 2.59. The molecule has 0 aliphatic heterocycles. The van der Waals surface area contributed by atoms with Crippen molar-refractivity contribution >= 4 is 17.9 Å². The number of imidazole rings is 1. The monoisotopic (exact) mass is 237 g/mol. The maximum Gasteiger partial charge on any atom is 0.270 e. The molecule has 0 saturated heterocycles. The van der Waals surface area contributed by atoms with E-state index >= 15 is 0 Å². The van der Waals surface area contributed by atoms with Crippen LogP contribution in [0.25, 0.3) is 11.3 Å². The molecule has 0 bridgehead atoms. The van der Waals surface area contributed by atoms with E-state index in [0.29, 0.717) is 11.3 Å². The van der Waals surface area contributed by atoms with E-state index in [4.69, 9.17) is 12.2 Å². The molecule has 2 aromatic rings. The van der Waals surface area contributed by atoms with Crippen molar-refractivity contribution in [3.8, 4) is 11.3 Å². The summed E-state index contributed by atoms with van der Waals surface area (Å²) in [6.07, 6.45) is 1.36. The fraction of sp³-hybridized carbons (Fsp3) is 0. The van der Waals surface area contributed by atoms with Crippen LogP contribution in [0, 0.1) is 14.9 Å². The average molecular weight is 237 g/mol. The van der Waals surface area contributed by atoms with Gasteiger partial charge in [-0.25, -0.2) is 0 Å². The first-order valence-electron chi connectivity index (χ1n) is 4.33. The van der Waals surface area contributed by atoms with Crippen molar-refractivity contribution in [1.82, 2.24) is 9.71 Å². The highest BCUT2D eigenvalue weighted by atomic mass is 32.1. The smallest absolute Gasteiger partial charge is 0.270 e. The van der Waals surface area contributed by atoms with Crippen LogP contribution in [0.5, 0.6) is 0 Å². The highest BCUT2D eigenvalue weighted by Gasteiger charge is 2.08. The van der Waals surface area contributed by atoms with Crippen LogP contribution < -0.4 is 0 Å². The fourth-order valence-electron chi connectivity index (χ4n) is 1.32. The van der Waals surface area contributed by atoms with Crippen molar-refractivity contribution in [1.29, 1.82) is 0 Å². The van der Waals surface area contributed by atoms with Gasteiger partial charge in [0.05, 0.1) is 16.8 Å². The molecular weight excluding hydrogens is 230 g/mol. The van der Waals surface area contributed by atoms with E-state index in [1.54, 1.807) is 12.1 Å². The molecule has 0 saturated carbocycles. The minimum atomic E-state index is -0.478. The summed E-state index contributed by atoms with van der Waals surface area (Å²) in [4.78, 5) is 12.8. The zero-order valence-corrected chi connectivity index (χ0v) is 8.77. The van der Waals surface area contributed by atoms with Crippen LogP contribution in [0.4, 0.5) is 5.69 Å². The normalized spacial score (nSPS) is 10.2. The Kier molecular flexibility index (Phi) is 2.45. The Morgan fingerprint density at radius 1 is 1.50 bits per heavy atom. The van der Waals surface area contributed by atoms with Gasteiger partial charge in [0.15, 0.2) is 0 Å². The number of nitrogens with one attached hydrogen (secondary N) is 1. The van der Waals surface area contributed by atoms with Gasteiger partial charge in [0.25, 0.3) is 5.69 Å². The molecule has 6 nitrogen and oxygen atoms in total. The van der Waals surface area contributed by atoms with E-state index in [0.717, 1.165) is 4.73 Å². The molecule has 16 heavy (non-hydrogen) atoms. The molecule has 0 aliphatic rings.